The number of rotatable bonds is 11. The fraction of sp³-hybridized carbons (Fsp3) is 0.792. The van der Waals surface area contributed by atoms with Crippen LogP contribution in [0, 0.1) is 23.7 Å². The van der Waals surface area contributed by atoms with Crippen molar-refractivity contribution >= 4 is 5.91 Å². The molecule has 0 aromatic rings. The van der Waals surface area contributed by atoms with Crippen LogP contribution in [0.15, 0.2) is 23.8 Å². The van der Waals surface area contributed by atoms with Gasteiger partial charge in [-0.25, -0.2) is 0 Å². The molecule has 28 heavy (non-hydrogen) atoms. The number of hydrogen-bond acceptors (Lipinski definition) is 3. The first-order valence-corrected chi connectivity index (χ1v) is 11.3. The number of aliphatic hydroxyl groups is 2. The molecule has 0 aromatic heterocycles. The van der Waals surface area contributed by atoms with E-state index in [2.05, 4.69) is 26.0 Å². The second-order valence-corrected chi connectivity index (χ2v) is 9.23. The summed E-state index contributed by atoms with van der Waals surface area (Å²) in [5.41, 5.74) is 1.49. The maximum Gasteiger partial charge on any atom is 0.222 e. The van der Waals surface area contributed by atoms with E-state index in [0.29, 0.717) is 18.3 Å². The molecule has 2 aliphatic rings. The standard InChI is InChI=1S/C24H41NO3/c1-5-6-9-17(2)22(26)13-12-20-21-15-18(14-19(21)16-23(20)27)10-7-8-11-24(28)25(3)4/h12-14,17,19-23,26-27H,5-11,15-16H2,1-4H3/b13-12+/t17-,19+,20-,21+,22-,23-/m1/s1. The Bertz CT molecular complexity index is 554. The lowest BCUT2D eigenvalue weighted by Crippen LogP contribution is -2.21. The van der Waals surface area contributed by atoms with Gasteiger partial charge in [0, 0.05) is 26.4 Å². The number of carbonyl (C=O) groups excluding carboxylic acids is 1. The van der Waals surface area contributed by atoms with Crippen molar-refractivity contribution in [3.8, 4) is 0 Å². The van der Waals surface area contributed by atoms with E-state index in [1.54, 1.807) is 4.90 Å². The first-order chi connectivity index (χ1) is 13.3. The quantitative estimate of drug-likeness (QED) is 0.407. The third-order valence-electron chi connectivity index (χ3n) is 6.71. The third kappa shape index (κ3) is 6.45. The van der Waals surface area contributed by atoms with E-state index in [4.69, 9.17) is 0 Å². The van der Waals surface area contributed by atoms with Gasteiger partial charge in [0.1, 0.15) is 0 Å². The molecule has 0 radical (unpaired) electrons. The zero-order chi connectivity index (χ0) is 20.7. The summed E-state index contributed by atoms with van der Waals surface area (Å²) in [6.45, 7) is 4.28. The zero-order valence-electron chi connectivity index (χ0n) is 18.3. The van der Waals surface area contributed by atoms with Gasteiger partial charge in [-0.1, -0.05) is 50.5 Å². The smallest absolute Gasteiger partial charge is 0.222 e. The van der Waals surface area contributed by atoms with Crippen LogP contribution in [0.5, 0.6) is 0 Å². The highest BCUT2D eigenvalue weighted by molar-refractivity contribution is 5.75. The van der Waals surface area contributed by atoms with E-state index in [1.165, 1.54) is 5.57 Å². The molecular formula is C24H41NO3. The predicted octanol–water partition coefficient (Wildman–Crippen LogP) is 4.32. The van der Waals surface area contributed by atoms with Crippen LogP contribution in [0.25, 0.3) is 0 Å². The Morgan fingerprint density at radius 1 is 1.32 bits per heavy atom. The lowest BCUT2D eigenvalue weighted by molar-refractivity contribution is -0.128. The molecule has 0 aromatic carbocycles. The molecule has 1 saturated carbocycles. The van der Waals surface area contributed by atoms with Gasteiger partial charge in [0.05, 0.1) is 12.2 Å². The molecule has 160 valence electrons. The zero-order valence-corrected chi connectivity index (χ0v) is 18.3. The Labute approximate surface area is 171 Å². The summed E-state index contributed by atoms with van der Waals surface area (Å²) in [6, 6.07) is 0. The molecule has 1 fully saturated rings. The highest BCUT2D eigenvalue weighted by atomic mass is 16.3. The molecule has 0 spiro atoms. The number of carbonyl (C=O) groups is 1. The average molecular weight is 392 g/mol. The van der Waals surface area contributed by atoms with Crippen LogP contribution in [-0.4, -0.2) is 47.3 Å². The molecule has 2 aliphatic carbocycles. The molecular weight excluding hydrogens is 350 g/mol. The highest BCUT2D eigenvalue weighted by Crippen LogP contribution is 2.48. The maximum absolute atomic E-state index is 11.7. The molecule has 6 atom stereocenters. The van der Waals surface area contributed by atoms with Crippen LogP contribution in [0.1, 0.15) is 71.6 Å². The number of nitrogens with zero attached hydrogens (tertiary/aromatic N) is 1. The van der Waals surface area contributed by atoms with Crippen molar-refractivity contribution in [2.24, 2.45) is 23.7 Å². The van der Waals surface area contributed by atoms with Crippen molar-refractivity contribution in [3.05, 3.63) is 23.8 Å². The van der Waals surface area contributed by atoms with Gasteiger partial charge in [0.2, 0.25) is 5.91 Å². The number of amides is 1. The van der Waals surface area contributed by atoms with Gasteiger partial charge in [-0.2, -0.15) is 0 Å². The normalized spacial score (nSPS) is 29.0. The molecule has 0 bridgehead atoms. The summed E-state index contributed by atoms with van der Waals surface area (Å²) >= 11 is 0. The van der Waals surface area contributed by atoms with Crippen molar-refractivity contribution in [2.45, 2.75) is 83.8 Å². The third-order valence-corrected chi connectivity index (χ3v) is 6.71. The summed E-state index contributed by atoms with van der Waals surface area (Å²) in [6.07, 6.45) is 14.6. The second kappa shape index (κ2) is 11.2. The van der Waals surface area contributed by atoms with E-state index in [-0.39, 0.29) is 23.8 Å². The van der Waals surface area contributed by atoms with Crippen molar-refractivity contribution in [3.63, 3.8) is 0 Å². The molecule has 0 aliphatic heterocycles. The van der Waals surface area contributed by atoms with Gasteiger partial charge in [-0.15, -0.1) is 0 Å². The van der Waals surface area contributed by atoms with Crippen molar-refractivity contribution in [1.82, 2.24) is 4.90 Å². The van der Waals surface area contributed by atoms with Gasteiger partial charge < -0.3 is 15.1 Å². The fourth-order valence-corrected chi connectivity index (χ4v) is 4.77. The Hall–Kier alpha value is -1.13. The number of fused-ring (bicyclic) bond motifs is 1. The lowest BCUT2D eigenvalue weighted by atomic mass is 9.87. The van der Waals surface area contributed by atoms with E-state index < -0.39 is 6.10 Å². The molecule has 0 unspecified atom stereocenters. The van der Waals surface area contributed by atoms with Crippen molar-refractivity contribution in [2.75, 3.05) is 14.1 Å². The average Bonchev–Trinajstić information content (AvgIpc) is 3.17. The van der Waals surface area contributed by atoms with Crippen molar-refractivity contribution in [1.29, 1.82) is 0 Å². The fourth-order valence-electron chi connectivity index (χ4n) is 4.77. The van der Waals surface area contributed by atoms with Crippen LogP contribution < -0.4 is 0 Å². The van der Waals surface area contributed by atoms with Gasteiger partial charge in [0.15, 0.2) is 0 Å². The SMILES string of the molecule is CCCC[C@@H](C)[C@H](O)/C=C/[C@@H]1[C@H]2CC(CCCCC(=O)N(C)C)=C[C@H]2C[C@H]1O. The molecule has 4 heteroatoms. The second-order valence-electron chi connectivity index (χ2n) is 9.23. The number of allylic oxidation sites excluding steroid dienone is 2. The lowest BCUT2D eigenvalue weighted by Gasteiger charge is -2.20. The van der Waals surface area contributed by atoms with Crippen LogP contribution in [0.3, 0.4) is 0 Å². The van der Waals surface area contributed by atoms with Gasteiger partial charge in [0.25, 0.3) is 0 Å². The predicted molar refractivity (Wildman–Crippen MR) is 115 cm³/mol. The Morgan fingerprint density at radius 2 is 2.07 bits per heavy atom. The molecule has 2 N–H and O–H groups in total. The Morgan fingerprint density at radius 3 is 2.75 bits per heavy atom. The number of unbranched alkanes of at least 4 members (excludes halogenated alkanes) is 2. The molecule has 2 rings (SSSR count). The van der Waals surface area contributed by atoms with Crippen LogP contribution in [0.4, 0.5) is 0 Å². The van der Waals surface area contributed by atoms with Gasteiger partial charge in [-0.3, -0.25) is 4.79 Å². The summed E-state index contributed by atoms with van der Waals surface area (Å²) < 4.78 is 0. The monoisotopic (exact) mass is 391 g/mol. The molecule has 0 saturated heterocycles. The van der Waals surface area contributed by atoms with Crippen LogP contribution >= 0.6 is 0 Å². The molecule has 4 nitrogen and oxygen atoms in total. The van der Waals surface area contributed by atoms with Gasteiger partial charge in [-0.05, 0) is 56.3 Å². The topological polar surface area (TPSA) is 60.8 Å². The van der Waals surface area contributed by atoms with Crippen LogP contribution in [0.2, 0.25) is 0 Å². The van der Waals surface area contributed by atoms with E-state index in [9.17, 15) is 15.0 Å². The first-order valence-electron chi connectivity index (χ1n) is 11.3. The minimum atomic E-state index is -0.416. The minimum absolute atomic E-state index is 0.155. The molecule has 1 amide bonds. The van der Waals surface area contributed by atoms with Gasteiger partial charge >= 0.3 is 0 Å². The largest absolute Gasteiger partial charge is 0.392 e. The first kappa shape index (κ1) is 23.2. The minimum Gasteiger partial charge on any atom is -0.392 e. The highest BCUT2D eigenvalue weighted by Gasteiger charge is 2.43. The Balaban J connectivity index is 1.80. The van der Waals surface area contributed by atoms with Crippen LogP contribution in [-0.2, 0) is 4.79 Å². The summed E-state index contributed by atoms with van der Waals surface area (Å²) in [7, 11) is 3.62. The number of aliphatic hydroxyl groups excluding tert-OH is 2. The van der Waals surface area contributed by atoms with E-state index >= 15 is 0 Å². The summed E-state index contributed by atoms with van der Waals surface area (Å²) in [5.74, 6) is 1.58. The van der Waals surface area contributed by atoms with E-state index in [1.807, 2.05) is 20.2 Å². The van der Waals surface area contributed by atoms with E-state index in [0.717, 1.165) is 51.4 Å². The molecule has 0 heterocycles. The van der Waals surface area contributed by atoms with Crippen molar-refractivity contribution < 1.29 is 15.0 Å². The number of hydrogen-bond donors (Lipinski definition) is 2. The summed E-state index contributed by atoms with van der Waals surface area (Å²) in [4.78, 5) is 13.3. The maximum atomic E-state index is 11.7. The Kier molecular flexibility index (Phi) is 9.23. The summed E-state index contributed by atoms with van der Waals surface area (Å²) in [5, 5.41) is 20.9.